The van der Waals surface area contributed by atoms with Crippen LogP contribution in [0.4, 0.5) is 0 Å². The molecule has 1 aliphatic rings. The third kappa shape index (κ3) is 4.31. The molecule has 0 amide bonds. The Morgan fingerprint density at radius 3 is 2.96 bits per heavy atom. The Morgan fingerprint density at radius 2 is 2.11 bits per heavy atom. The molecule has 138 valence electrons. The Hall–Kier alpha value is -2.79. The summed E-state index contributed by atoms with van der Waals surface area (Å²) in [5.74, 6) is 1.24. The fraction of sp³-hybridized carbons (Fsp3) is 0.318. The molecule has 0 spiro atoms. The van der Waals surface area contributed by atoms with E-state index in [2.05, 4.69) is 20.9 Å². The van der Waals surface area contributed by atoms with Gasteiger partial charge in [0.25, 0.3) is 0 Å². The number of hydrogen-bond acceptors (Lipinski definition) is 5. The number of hydrogen-bond donors (Lipinski definition) is 0. The Bertz CT molecular complexity index is 884. The molecule has 5 heteroatoms. The van der Waals surface area contributed by atoms with Crippen LogP contribution in [0.5, 0.6) is 5.75 Å². The minimum Gasteiger partial charge on any atom is -0.497 e. The molecule has 0 aliphatic carbocycles. The van der Waals surface area contributed by atoms with Gasteiger partial charge in [-0.05, 0) is 43.7 Å². The zero-order chi connectivity index (χ0) is 18.5. The van der Waals surface area contributed by atoms with E-state index in [0.29, 0.717) is 5.92 Å². The van der Waals surface area contributed by atoms with Crippen molar-refractivity contribution < 1.29 is 4.74 Å². The molecule has 27 heavy (non-hydrogen) atoms. The van der Waals surface area contributed by atoms with Crippen molar-refractivity contribution in [3.8, 4) is 17.0 Å². The van der Waals surface area contributed by atoms with Gasteiger partial charge < -0.3 is 4.74 Å². The summed E-state index contributed by atoms with van der Waals surface area (Å²) in [5, 5.41) is 0. The Balaban J connectivity index is 1.51. The molecule has 3 heterocycles. The first-order chi connectivity index (χ1) is 13.3. The molecule has 3 aromatic rings. The summed E-state index contributed by atoms with van der Waals surface area (Å²) in [7, 11) is 1.68. The van der Waals surface area contributed by atoms with Gasteiger partial charge in [0.15, 0.2) is 0 Å². The normalized spacial score (nSPS) is 17.6. The van der Waals surface area contributed by atoms with E-state index < -0.39 is 0 Å². The standard InChI is InChI=1S/C22H24N4O/c1-27-20-9-4-6-17(12-20)21-13-23-14-22(25-21)18-7-5-11-26(15-18)16-19-8-2-3-10-24-19/h2-4,6,8-10,12-14,18H,5,7,11,15-16H2,1H3. The highest BCUT2D eigenvalue weighted by Crippen LogP contribution is 2.28. The molecule has 1 saturated heterocycles. The zero-order valence-electron chi connectivity index (χ0n) is 15.6. The van der Waals surface area contributed by atoms with Crippen LogP contribution in [0.3, 0.4) is 0 Å². The molecule has 0 radical (unpaired) electrons. The van der Waals surface area contributed by atoms with Crippen molar-refractivity contribution in [3.05, 3.63) is 72.4 Å². The second-order valence-electron chi connectivity index (χ2n) is 6.96. The molecule has 0 bridgehead atoms. The van der Waals surface area contributed by atoms with Crippen LogP contribution >= 0.6 is 0 Å². The van der Waals surface area contributed by atoms with E-state index in [4.69, 9.17) is 9.72 Å². The Labute approximate surface area is 160 Å². The monoisotopic (exact) mass is 360 g/mol. The number of rotatable bonds is 5. The van der Waals surface area contributed by atoms with Gasteiger partial charge in [-0.15, -0.1) is 0 Å². The lowest BCUT2D eigenvalue weighted by Crippen LogP contribution is -2.34. The molecule has 1 atom stereocenters. The van der Waals surface area contributed by atoms with Gasteiger partial charge in [-0.3, -0.25) is 14.9 Å². The summed E-state index contributed by atoms with van der Waals surface area (Å²) < 4.78 is 5.33. The summed E-state index contributed by atoms with van der Waals surface area (Å²) in [6.45, 7) is 2.99. The zero-order valence-corrected chi connectivity index (χ0v) is 15.6. The lowest BCUT2D eigenvalue weighted by molar-refractivity contribution is 0.196. The van der Waals surface area contributed by atoms with E-state index in [1.165, 1.54) is 6.42 Å². The smallest absolute Gasteiger partial charge is 0.119 e. The molecular weight excluding hydrogens is 336 g/mol. The fourth-order valence-corrected chi connectivity index (χ4v) is 3.66. The van der Waals surface area contributed by atoms with Crippen LogP contribution in [0.15, 0.2) is 61.1 Å². The maximum atomic E-state index is 5.33. The number of ether oxygens (including phenoxy) is 1. The van der Waals surface area contributed by atoms with E-state index in [1.54, 1.807) is 7.11 Å². The van der Waals surface area contributed by atoms with Gasteiger partial charge in [0.1, 0.15) is 5.75 Å². The third-order valence-electron chi connectivity index (χ3n) is 5.05. The average Bonchev–Trinajstić information content (AvgIpc) is 2.75. The molecule has 5 nitrogen and oxygen atoms in total. The number of pyridine rings is 1. The van der Waals surface area contributed by atoms with Gasteiger partial charge in [0, 0.05) is 37.0 Å². The Morgan fingerprint density at radius 1 is 1.15 bits per heavy atom. The second kappa shape index (κ2) is 8.27. The van der Waals surface area contributed by atoms with E-state index >= 15 is 0 Å². The predicted molar refractivity (Wildman–Crippen MR) is 106 cm³/mol. The molecular formula is C22H24N4O. The molecule has 1 fully saturated rings. The first-order valence-corrected chi connectivity index (χ1v) is 9.40. The lowest BCUT2D eigenvalue weighted by Gasteiger charge is -2.32. The summed E-state index contributed by atoms with van der Waals surface area (Å²) in [5.41, 5.74) is 4.12. The second-order valence-corrected chi connectivity index (χ2v) is 6.96. The highest BCUT2D eigenvalue weighted by Gasteiger charge is 2.23. The van der Waals surface area contributed by atoms with E-state index in [9.17, 15) is 0 Å². The van der Waals surface area contributed by atoms with Crippen LogP contribution < -0.4 is 4.74 Å². The van der Waals surface area contributed by atoms with Crippen LogP contribution in [0.2, 0.25) is 0 Å². The van der Waals surface area contributed by atoms with Gasteiger partial charge >= 0.3 is 0 Å². The van der Waals surface area contributed by atoms with Gasteiger partial charge in [-0.25, -0.2) is 4.98 Å². The van der Waals surface area contributed by atoms with E-state index in [0.717, 1.165) is 54.4 Å². The van der Waals surface area contributed by atoms with Crippen LogP contribution in [0.25, 0.3) is 11.3 Å². The maximum Gasteiger partial charge on any atom is 0.119 e. The SMILES string of the molecule is COc1cccc(-c2cncc(C3CCCN(Cc4ccccn4)C3)n2)c1. The van der Waals surface area contributed by atoms with Crippen molar-refractivity contribution in [2.24, 2.45) is 0 Å². The summed E-state index contributed by atoms with van der Waals surface area (Å²) in [6, 6.07) is 14.1. The summed E-state index contributed by atoms with van der Waals surface area (Å²) in [4.78, 5) is 16.3. The number of methoxy groups -OCH3 is 1. The van der Waals surface area contributed by atoms with Crippen LogP contribution in [-0.4, -0.2) is 40.1 Å². The molecule has 1 aromatic carbocycles. The van der Waals surface area contributed by atoms with Crippen LogP contribution in [0, 0.1) is 0 Å². The number of piperidine rings is 1. The van der Waals surface area contributed by atoms with Crippen LogP contribution in [0.1, 0.15) is 30.1 Å². The van der Waals surface area contributed by atoms with Gasteiger partial charge in [-0.2, -0.15) is 0 Å². The Kier molecular flexibility index (Phi) is 5.39. The van der Waals surface area contributed by atoms with E-state index in [1.807, 2.05) is 55.0 Å². The highest BCUT2D eigenvalue weighted by atomic mass is 16.5. The van der Waals surface area contributed by atoms with Crippen LogP contribution in [-0.2, 0) is 6.54 Å². The summed E-state index contributed by atoms with van der Waals surface area (Å²) >= 11 is 0. The van der Waals surface area contributed by atoms with Crippen molar-refractivity contribution in [3.63, 3.8) is 0 Å². The first kappa shape index (κ1) is 17.6. The van der Waals surface area contributed by atoms with Crippen molar-refractivity contribution in [1.29, 1.82) is 0 Å². The molecule has 1 unspecified atom stereocenters. The lowest BCUT2D eigenvalue weighted by atomic mass is 9.94. The average molecular weight is 360 g/mol. The minimum absolute atomic E-state index is 0.403. The predicted octanol–water partition coefficient (Wildman–Crippen LogP) is 3.93. The summed E-state index contributed by atoms with van der Waals surface area (Å²) in [6.07, 6.45) is 7.92. The van der Waals surface area contributed by atoms with Crippen molar-refractivity contribution in [1.82, 2.24) is 19.9 Å². The molecule has 1 aliphatic heterocycles. The number of nitrogens with zero attached hydrogens (tertiary/aromatic N) is 4. The number of likely N-dealkylation sites (tertiary alicyclic amines) is 1. The molecule has 2 aromatic heterocycles. The van der Waals surface area contributed by atoms with Gasteiger partial charge in [-0.1, -0.05) is 18.2 Å². The number of aromatic nitrogens is 3. The van der Waals surface area contributed by atoms with Crippen molar-refractivity contribution in [2.45, 2.75) is 25.3 Å². The van der Waals surface area contributed by atoms with E-state index in [-0.39, 0.29) is 0 Å². The quantitative estimate of drug-likeness (QED) is 0.690. The maximum absolute atomic E-state index is 5.33. The minimum atomic E-state index is 0.403. The van der Waals surface area contributed by atoms with Gasteiger partial charge in [0.05, 0.1) is 30.4 Å². The number of benzene rings is 1. The van der Waals surface area contributed by atoms with Gasteiger partial charge in [0.2, 0.25) is 0 Å². The highest BCUT2D eigenvalue weighted by molar-refractivity contribution is 5.60. The third-order valence-corrected chi connectivity index (χ3v) is 5.05. The topological polar surface area (TPSA) is 51.1 Å². The van der Waals surface area contributed by atoms with Crippen molar-refractivity contribution in [2.75, 3.05) is 20.2 Å². The molecule has 0 N–H and O–H groups in total. The van der Waals surface area contributed by atoms with Crippen molar-refractivity contribution >= 4 is 0 Å². The molecule has 4 rings (SSSR count). The largest absolute Gasteiger partial charge is 0.497 e. The first-order valence-electron chi connectivity index (χ1n) is 9.40. The fourth-order valence-electron chi connectivity index (χ4n) is 3.66. The molecule has 0 saturated carbocycles.